The summed E-state index contributed by atoms with van der Waals surface area (Å²) < 4.78 is 11.2. The van der Waals surface area contributed by atoms with Crippen molar-refractivity contribution >= 4 is 23.8 Å². The molecule has 0 aliphatic rings. The van der Waals surface area contributed by atoms with Crippen LogP contribution in [0.2, 0.25) is 0 Å². The molecule has 0 saturated heterocycles. The van der Waals surface area contributed by atoms with Crippen molar-refractivity contribution in [2.75, 3.05) is 62.0 Å². The zero-order valence-corrected chi connectivity index (χ0v) is 22.3. The van der Waals surface area contributed by atoms with Crippen LogP contribution in [0.15, 0.2) is 60.7 Å². The van der Waals surface area contributed by atoms with Crippen LogP contribution in [0.25, 0.3) is 0 Å². The molecule has 204 valence electrons. The summed E-state index contributed by atoms with van der Waals surface area (Å²) in [5, 5.41) is 12.7. The average Bonchev–Trinajstić information content (AvgIpc) is 2.95. The average molecular weight is 522 g/mol. The summed E-state index contributed by atoms with van der Waals surface area (Å²) in [6.07, 6.45) is 1.83. The standard InChI is InChI=1S/C28H39N7O3/c1-3-22(2)32-28-34-26(30-15-14-23-10-6-4-7-11-23)33-27(35-28)31-17-19-38-21-20-37-18-16-29-25(36)24-12-8-5-9-13-24/h4-13,22H,3,14-21H2,1-2H3,(H,29,36)(H3,30,31,32,33,34,35). The van der Waals surface area contributed by atoms with Gasteiger partial charge in [-0.05, 0) is 37.5 Å². The number of hydrogen-bond acceptors (Lipinski definition) is 9. The minimum absolute atomic E-state index is 0.105. The normalized spacial score (nSPS) is 11.5. The van der Waals surface area contributed by atoms with Gasteiger partial charge in [-0.1, -0.05) is 55.5 Å². The van der Waals surface area contributed by atoms with Crippen molar-refractivity contribution in [3.8, 4) is 0 Å². The second-order valence-electron chi connectivity index (χ2n) is 8.70. The number of aromatic nitrogens is 3. The van der Waals surface area contributed by atoms with E-state index < -0.39 is 0 Å². The van der Waals surface area contributed by atoms with Crippen LogP contribution in [0, 0.1) is 0 Å². The van der Waals surface area contributed by atoms with Crippen LogP contribution in [0.5, 0.6) is 0 Å². The largest absolute Gasteiger partial charge is 0.377 e. The molecule has 1 unspecified atom stereocenters. The first-order chi connectivity index (χ1) is 18.6. The predicted octanol–water partition coefficient (Wildman–Crippen LogP) is 3.61. The Hall–Kier alpha value is -3.76. The highest BCUT2D eigenvalue weighted by molar-refractivity contribution is 5.94. The first kappa shape index (κ1) is 28.8. The summed E-state index contributed by atoms with van der Waals surface area (Å²) in [5.41, 5.74) is 1.89. The van der Waals surface area contributed by atoms with Gasteiger partial charge in [0, 0.05) is 31.2 Å². The highest BCUT2D eigenvalue weighted by Crippen LogP contribution is 2.11. The number of nitrogens with one attached hydrogen (secondary N) is 4. The quantitative estimate of drug-likeness (QED) is 0.186. The molecular formula is C28H39N7O3. The van der Waals surface area contributed by atoms with E-state index in [9.17, 15) is 4.79 Å². The Morgan fingerprint density at radius 1 is 0.763 bits per heavy atom. The van der Waals surface area contributed by atoms with Gasteiger partial charge in [-0.15, -0.1) is 0 Å². The minimum Gasteiger partial charge on any atom is -0.377 e. The number of nitrogens with zero attached hydrogens (tertiary/aromatic N) is 3. The molecule has 38 heavy (non-hydrogen) atoms. The molecule has 1 heterocycles. The Balaban J connectivity index is 1.32. The van der Waals surface area contributed by atoms with Crippen molar-refractivity contribution in [3.63, 3.8) is 0 Å². The van der Waals surface area contributed by atoms with Gasteiger partial charge in [0.15, 0.2) is 0 Å². The molecule has 3 rings (SSSR count). The Labute approximate surface area is 225 Å². The van der Waals surface area contributed by atoms with E-state index in [1.54, 1.807) is 12.1 Å². The number of anilines is 3. The van der Waals surface area contributed by atoms with Gasteiger partial charge in [-0.25, -0.2) is 0 Å². The maximum Gasteiger partial charge on any atom is 0.251 e. The number of carbonyl (C=O) groups is 1. The molecule has 10 nitrogen and oxygen atoms in total. The number of carbonyl (C=O) groups excluding carboxylic acids is 1. The maximum atomic E-state index is 12.0. The molecule has 2 aromatic carbocycles. The Morgan fingerprint density at radius 3 is 2.00 bits per heavy atom. The fourth-order valence-electron chi connectivity index (χ4n) is 3.37. The highest BCUT2D eigenvalue weighted by atomic mass is 16.5. The topological polar surface area (TPSA) is 122 Å². The Morgan fingerprint density at radius 2 is 1.34 bits per heavy atom. The van der Waals surface area contributed by atoms with Crippen molar-refractivity contribution in [3.05, 3.63) is 71.8 Å². The zero-order chi connectivity index (χ0) is 26.8. The Kier molecular flexibility index (Phi) is 12.8. The van der Waals surface area contributed by atoms with Crippen molar-refractivity contribution in [1.29, 1.82) is 0 Å². The third-order valence-electron chi connectivity index (χ3n) is 5.63. The molecule has 0 aliphatic carbocycles. The van der Waals surface area contributed by atoms with E-state index in [-0.39, 0.29) is 11.9 Å². The minimum atomic E-state index is -0.105. The lowest BCUT2D eigenvalue weighted by Gasteiger charge is -2.14. The molecule has 0 spiro atoms. The highest BCUT2D eigenvalue weighted by Gasteiger charge is 2.09. The molecule has 10 heteroatoms. The van der Waals surface area contributed by atoms with Crippen LogP contribution in [-0.2, 0) is 15.9 Å². The lowest BCUT2D eigenvalue weighted by atomic mass is 10.1. The maximum absolute atomic E-state index is 12.0. The van der Waals surface area contributed by atoms with E-state index in [1.807, 2.05) is 36.4 Å². The molecule has 3 aromatic rings. The molecule has 0 bridgehead atoms. The van der Waals surface area contributed by atoms with Crippen molar-refractivity contribution in [2.45, 2.75) is 32.7 Å². The lowest BCUT2D eigenvalue weighted by Crippen LogP contribution is -2.27. The second kappa shape index (κ2) is 16.9. The molecule has 1 aromatic heterocycles. The SMILES string of the molecule is CCC(C)Nc1nc(NCCOCCOCCNC(=O)c2ccccc2)nc(NCCc2ccccc2)n1. The Bertz CT molecular complexity index is 1070. The van der Waals surface area contributed by atoms with Gasteiger partial charge in [0.25, 0.3) is 5.91 Å². The van der Waals surface area contributed by atoms with Gasteiger partial charge in [0.05, 0.1) is 26.4 Å². The molecule has 1 atom stereocenters. The number of benzene rings is 2. The summed E-state index contributed by atoms with van der Waals surface area (Å²) in [5.74, 6) is 1.44. The van der Waals surface area contributed by atoms with Crippen LogP contribution in [0.1, 0.15) is 36.2 Å². The summed E-state index contributed by atoms with van der Waals surface area (Å²) in [7, 11) is 0. The lowest BCUT2D eigenvalue weighted by molar-refractivity contribution is 0.0519. The summed E-state index contributed by atoms with van der Waals surface area (Å²) in [6.45, 7) is 7.72. The predicted molar refractivity (Wildman–Crippen MR) is 151 cm³/mol. The fraction of sp³-hybridized carbons (Fsp3) is 0.429. The van der Waals surface area contributed by atoms with Crippen LogP contribution in [-0.4, -0.2) is 73.0 Å². The van der Waals surface area contributed by atoms with Gasteiger partial charge < -0.3 is 30.7 Å². The molecule has 1 amide bonds. The molecule has 4 N–H and O–H groups in total. The van der Waals surface area contributed by atoms with E-state index in [1.165, 1.54) is 5.56 Å². The molecule has 0 fully saturated rings. The van der Waals surface area contributed by atoms with Gasteiger partial charge in [0.2, 0.25) is 17.8 Å². The van der Waals surface area contributed by atoms with Crippen LogP contribution < -0.4 is 21.3 Å². The first-order valence-electron chi connectivity index (χ1n) is 13.2. The molecule has 0 radical (unpaired) electrons. The molecule has 0 saturated carbocycles. The van der Waals surface area contributed by atoms with E-state index in [4.69, 9.17) is 9.47 Å². The summed E-state index contributed by atoms with van der Waals surface area (Å²) >= 11 is 0. The third-order valence-corrected chi connectivity index (χ3v) is 5.63. The van der Waals surface area contributed by atoms with Gasteiger partial charge in [-0.2, -0.15) is 15.0 Å². The monoisotopic (exact) mass is 521 g/mol. The number of rotatable bonds is 18. The van der Waals surface area contributed by atoms with E-state index in [2.05, 4.69) is 62.2 Å². The zero-order valence-electron chi connectivity index (χ0n) is 22.3. The second-order valence-corrected chi connectivity index (χ2v) is 8.70. The van der Waals surface area contributed by atoms with Crippen molar-refractivity contribution in [2.24, 2.45) is 0 Å². The number of ether oxygens (including phenoxy) is 2. The van der Waals surface area contributed by atoms with Crippen LogP contribution >= 0.6 is 0 Å². The van der Waals surface area contributed by atoms with Gasteiger partial charge >= 0.3 is 0 Å². The first-order valence-corrected chi connectivity index (χ1v) is 13.2. The van der Waals surface area contributed by atoms with Crippen molar-refractivity contribution < 1.29 is 14.3 Å². The van der Waals surface area contributed by atoms with Gasteiger partial charge in [-0.3, -0.25) is 4.79 Å². The van der Waals surface area contributed by atoms with E-state index in [0.29, 0.717) is 62.9 Å². The summed E-state index contributed by atoms with van der Waals surface area (Å²) in [6, 6.07) is 19.7. The smallest absolute Gasteiger partial charge is 0.251 e. The van der Waals surface area contributed by atoms with Crippen LogP contribution in [0.3, 0.4) is 0 Å². The van der Waals surface area contributed by atoms with Crippen LogP contribution in [0.4, 0.5) is 17.8 Å². The number of amides is 1. The summed E-state index contributed by atoms with van der Waals surface area (Å²) in [4.78, 5) is 25.5. The van der Waals surface area contributed by atoms with E-state index in [0.717, 1.165) is 19.4 Å². The molecule has 0 aliphatic heterocycles. The number of hydrogen-bond donors (Lipinski definition) is 4. The third kappa shape index (κ3) is 11.1. The molecular weight excluding hydrogens is 482 g/mol. The van der Waals surface area contributed by atoms with E-state index >= 15 is 0 Å². The van der Waals surface area contributed by atoms with Gasteiger partial charge in [0.1, 0.15) is 0 Å². The van der Waals surface area contributed by atoms with Crippen molar-refractivity contribution in [1.82, 2.24) is 20.3 Å². The fourth-order valence-corrected chi connectivity index (χ4v) is 3.37.